The first-order valence-electron chi connectivity index (χ1n) is 3.86. The van der Waals surface area contributed by atoms with Crippen LogP contribution in [-0.4, -0.2) is 16.2 Å². The van der Waals surface area contributed by atoms with Gasteiger partial charge in [-0.15, -0.1) is 0 Å². The van der Waals surface area contributed by atoms with Crippen molar-refractivity contribution in [2.75, 3.05) is 0 Å². The fourth-order valence-corrected chi connectivity index (χ4v) is 1.18. The third-order valence-electron chi connectivity index (χ3n) is 1.75. The molecule has 0 aliphatic carbocycles. The molecule has 0 aliphatic rings. The molecule has 0 radical (unpaired) electrons. The van der Waals surface area contributed by atoms with E-state index in [4.69, 9.17) is 0 Å². The summed E-state index contributed by atoms with van der Waals surface area (Å²) in [6.07, 6.45) is -2.74. The number of nitro groups is 1. The van der Waals surface area contributed by atoms with Crippen LogP contribution >= 0.6 is 0 Å². The van der Waals surface area contributed by atoms with Crippen LogP contribution in [0.25, 0.3) is 0 Å². The summed E-state index contributed by atoms with van der Waals surface area (Å²) in [5.74, 6) is 0. The van der Waals surface area contributed by atoms with E-state index in [0.29, 0.717) is 0 Å². The minimum Gasteiger partial charge on any atom is -0.296 e. The summed E-state index contributed by atoms with van der Waals surface area (Å²) in [5, 5.41) is 10.5. The number of carbonyl (C=O) groups is 1. The Morgan fingerprint density at radius 1 is 1.60 bits per heavy atom. The number of rotatable bonds is 3. The second-order valence-electron chi connectivity index (χ2n) is 2.75. The smallest absolute Gasteiger partial charge is 0.296 e. The van der Waals surface area contributed by atoms with Gasteiger partial charge < -0.3 is 0 Å². The third-order valence-corrected chi connectivity index (χ3v) is 1.75. The molecule has 0 saturated carbocycles. The molecule has 7 heteroatoms. The largest absolute Gasteiger partial charge is 0.299 e. The van der Waals surface area contributed by atoms with Gasteiger partial charge in [-0.05, 0) is 13.0 Å². The lowest BCUT2D eigenvalue weighted by molar-refractivity contribution is -0.387. The second-order valence-corrected chi connectivity index (χ2v) is 2.75. The molecule has 0 atom stereocenters. The van der Waals surface area contributed by atoms with Crippen molar-refractivity contribution in [1.82, 2.24) is 4.98 Å². The van der Waals surface area contributed by atoms with E-state index in [0.717, 1.165) is 6.07 Å². The quantitative estimate of drug-likeness (QED) is 0.440. The lowest BCUT2D eigenvalue weighted by Crippen LogP contribution is -2.03. The molecular formula is C8H6F2N2O3. The normalized spacial score (nSPS) is 10.4. The highest BCUT2D eigenvalue weighted by atomic mass is 19.3. The van der Waals surface area contributed by atoms with Crippen molar-refractivity contribution >= 4 is 12.0 Å². The maximum Gasteiger partial charge on any atom is 0.299 e. The van der Waals surface area contributed by atoms with Crippen molar-refractivity contribution in [1.29, 1.82) is 0 Å². The number of aryl methyl sites for hydroxylation is 1. The van der Waals surface area contributed by atoms with Crippen molar-refractivity contribution in [3.05, 3.63) is 33.1 Å². The Bertz CT molecular complexity index is 421. The summed E-state index contributed by atoms with van der Waals surface area (Å²) < 4.78 is 24.9. The molecule has 0 unspecified atom stereocenters. The first kappa shape index (κ1) is 11.2. The Kier molecular flexibility index (Phi) is 3.03. The molecule has 5 nitrogen and oxygen atoms in total. The molecule has 0 saturated heterocycles. The summed E-state index contributed by atoms with van der Waals surface area (Å²) in [6.45, 7) is 1.21. The second kappa shape index (κ2) is 4.07. The van der Waals surface area contributed by atoms with Crippen molar-refractivity contribution in [3.8, 4) is 0 Å². The third kappa shape index (κ3) is 2.12. The van der Waals surface area contributed by atoms with Gasteiger partial charge in [0.05, 0.1) is 10.5 Å². The zero-order valence-electron chi connectivity index (χ0n) is 7.61. The van der Waals surface area contributed by atoms with Gasteiger partial charge in [0.2, 0.25) is 0 Å². The average Bonchev–Trinajstić information content (AvgIpc) is 2.15. The molecule has 0 N–H and O–H groups in total. The van der Waals surface area contributed by atoms with E-state index in [-0.39, 0.29) is 17.7 Å². The van der Waals surface area contributed by atoms with Crippen molar-refractivity contribution in [2.24, 2.45) is 0 Å². The number of nitrogens with zero attached hydrogens (tertiary/aromatic N) is 2. The van der Waals surface area contributed by atoms with Gasteiger partial charge in [-0.3, -0.25) is 14.9 Å². The highest BCUT2D eigenvalue weighted by Crippen LogP contribution is 2.30. The van der Waals surface area contributed by atoms with Crippen LogP contribution in [0.15, 0.2) is 6.07 Å². The van der Waals surface area contributed by atoms with E-state index in [1.165, 1.54) is 6.92 Å². The zero-order chi connectivity index (χ0) is 11.6. The number of carbonyl (C=O) groups excluding carboxylic acids is 1. The molecule has 1 aromatic heterocycles. The number of alkyl halides is 2. The van der Waals surface area contributed by atoms with Crippen LogP contribution in [0.2, 0.25) is 0 Å². The van der Waals surface area contributed by atoms with Gasteiger partial charge >= 0.3 is 0 Å². The van der Waals surface area contributed by atoms with Gasteiger partial charge in [0.25, 0.3) is 12.1 Å². The zero-order valence-corrected chi connectivity index (χ0v) is 7.61. The summed E-state index contributed by atoms with van der Waals surface area (Å²) >= 11 is 0. The van der Waals surface area contributed by atoms with Crippen LogP contribution in [0.5, 0.6) is 0 Å². The predicted octanol–water partition coefficient (Wildman–Crippen LogP) is 2.05. The van der Waals surface area contributed by atoms with Crippen molar-refractivity contribution in [2.45, 2.75) is 13.3 Å². The van der Waals surface area contributed by atoms with E-state index < -0.39 is 22.6 Å². The van der Waals surface area contributed by atoms with Gasteiger partial charge in [0, 0.05) is 0 Å². The van der Waals surface area contributed by atoms with E-state index in [2.05, 4.69) is 4.98 Å². The maximum absolute atomic E-state index is 12.4. The molecule has 0 bridgehead atoms. The molecule has 1 aromatic rings. The molecule has 0 fully saturated rings. The molecule has 0 aromatic carbocycles. The van der Waals surface area contributed by atoms with E-state index >= 15 is 0 Å². The Hall–Kier alpha value is -1.92. The monoisotopic (exact) mass is 216 g/mol. The first-order valence-corrected chi connectivity index (χ1v) is 3.86. The fourth-order valence-electron chi connectivity index (χ4n) is 1.18. The number of hydrogen-bond donors (Lipinski definition) is 0. The SMILES string of the molecule is Cc1nc(C=O)cc(C(F)F)c1[N+](=O)[O-]. The lowest BCUT2D eigenvalue weighted by atomic mass is 10.1. The predicted molar refractivity (Wildman–Crippen MR) is 46.0 cm³/mol. The average molecular weight is 216 g/mol. The van der Waals surface area contributed by atoms with Gasteiger partial charge in [-0.2, -0.15) is 0 Å². The van der Waals surface area contributed by atoms with Gasteiger partial charge in [0.1, 0.15) is 11.4 Å². The van der Waals surface area contributed by atoms with Crippen molar-refractivity contribution in [3.63, 3.8) is 0 Å². The summed E-state index contributed by atoms with van der Waals surface area (Å²) in [4.78, 5) is 23.4. The molecule has 80 valence electrons. The van der Waals surface area contributed by atoms with E-state index in [1.54, 1.807) is 0 Å². The van der Waals surface area contributed by atoms with E-state index in [1.807, 2.05) is 0 Å². The molecule has 1 rings (SSSR count). The molecule has 0 spiro atoms. The van der Waals surface area contributed by atoms with Crippen LogP contribution in [0.3, 0.4) is 0 Å². The first-order chi connectivity index (χ1) is 6.97. The van der Waals surface area contributed by atoms with Crippen LogP contribution in [0.1, 0.15) is 28.2 Å². The van der Waals surface area contributed by atoms with Gasteiger partial charge in [0.15, 0.2) is 6.29 Å². The van der Waals surface area contributed by atoms with Crippen LogP contribution in [-0.2, 0) is 0 Å². The number of halogens is 2. The molecule has 0 aliphatic heterocycles. The van der Waals surface area contributed by atoms with E-state index in [9.17, 15) is 23.7 Å². The Labute approximate surface area is 82.9 Å². The lowest BCUT2D eigenvalue weighted by Gasteiger charge is -2.04. The fraction of sp³-hybridized carbons (Fsp3) is 0.250. The minimum absolute atomic E-state index is 0.195. The van der Waals surface area contributed by atoms with Crippen LogP contribution in [0, 0.1) is 17.0 Å². The number of hydrogen-bond acceptors (Lipinski definition) is 4. The molecule has 15 heavy (non-hydrogen) atoms. The number of aldehydes is 1. The molecular weight excluding hydrogens is 210 g/mol. The van der Waals surface area contributed by atoms with Gasteiger partial charge in [-0.1, -0.05) is 0 Å². The minimum atomic E-state index is -3.01. The Balaban J connectivity index is 3.49. The van der Waals surface area contributed by atoms with Crippen LogP contribution < -0.4 is 0 Å². The highest BCUT2D eigenvalue weighted by molar-refractivity contribution is 5.73. The van der Waals surface area contributed by atoms with Crippen LogP contribution in [0.4, 0.5) is 14.5 Å². The van der Waals surface area contributed by atoms with Crippen molar-refractivity contribution < 1.29 is 18.5 Å². The standard InChI is InChI=1S/C8H6F2N2O3/c1-4-7(12(14)15)6(8(9)10)2-5(3-13)11-4/h2-3,8H,1H3. The number of pyridine rings is 1. The molecule has 0 amide bonds. The summed E-state index contributed by atoms with van der Waals surface area (Å²) in [7, 11) is 0. The Morgan fingerprint density at radius 2 is 2.20 bits per heavy atom. The summed E-state index contributed by atoms with van der Waals surface area (Å²) in [5.41, 5.74) is -1.96. The Morgan fingerprint density at radius 3 is 2.60 bits per heavy atom. The summed E-state index contributed by atoms with van der Waals surface area (Å²) in [6, 6.07) is 0.725. The van der Waals surface area contributed by atoms with Gasteiger partial charge in [-0.25, -0.2) is 13.8 Å². The molecule has 1 heterocycles. The highest BCUT2D eigenvalue weighted by Gasteiger charge is 2.25. The topological polar surface area (TPSA) is 73.1 Å². The maximum atomic E-state index is 12.4. The number of aromatic nitrogens is 1.